The lowest BCUT2D eigenvalue weighted by Gasteiger charge is -2.44. The minimum atomic E-state index is 0.377. The van der Waals surface area contributed by atoms with E-state index in [0.717, 1.165) is 13.0 Å². The molecular weight excluding hydrogens is 256 g/mol. The van der Waals surface area contributed by atoms with Crippen LogP contribution in [0.2, 0.25) is 0 Å². The van der Waals surface area contributed by atoms with Crippen LogP contribution in [0.25, 0.3) is 0 Å². The monoisotopic (exact) mass is 288 g/mol. The molecule has 0 saturated heterocycles. The number of hydrogen-bond acceptors (Lipinski definition) is 2. The van der Waals surface area contributed by atoms with E-state index in [1.807, 2.05) is 0 Å². The maximum atomic E-state index is 3.87. The quantitative estimate of drug-likeness (QED) is 0.819. The van der Waals surface area contributed by atoms with Gasteiger partial charge in [-0.05, 0) is 45.3 Å². The van der Waals surface area contributed by atoms with Gasteiger partial charge in [0.2, 0.25) is 0 Å². The Morgan fingerprint density at radius 2 is 1.76 bits per heavy atom. The van der Waals surface area contributed by atoms with Crippen molar-refractivity contribution in [1.29, 1.82) is 0 Å². The molecule has 0 bridgehead atoms. The summed E-state index contributed by atoms with van der Waals surface area (Å²) in [6.07, 6.45) is 9.20. The van der Waals surface area contributed by atoms with Crippen molar-refractivity contribution in [3.63, 3.8) is 0 Å². The highest BCUT2D eigenvalue weighted by Crippen LogP contribution is 2.31. The SMILES string of the molecule is CCC(Cc1ccccc1)NCC1(N(C)C)CCCCC1. The molecule has 0 heterocycles. The molecule has 1 aliphatic rings. The molecule has 1 saturated carbocycles. The van der Waals surface area contributed by atoms with Gasteiger partial charge in [-0.2, -0.15) is 0 Å². The Kier molecular flexibility index (Phi) is 6.25. The lowest BCUT2D eigenvalue weighted by atomic mass is 9.80. The highest BCUT2D eigenvalue weighted by Gasteiger charge is 2.34. The molecule has 1 atom stereocenters. The van der Waals surface area contributed by atoms with Crippen LogP contribution in [0.1, 0.15) is 51.0 Å². The van der Waals surface area contributed by atoms with E-state index < -0.39 is 0 Å². The predicted molar refractivity (Wildman–Crippen MR) is 91.7 cm³/mol. The van der Waals surface area contributed by atoms with E-state index in [4.69, 9.17) is 0 Å². The van der Waals surface area contributed by atoms with Crippen molar-refractivity contribution in [3.05, 3.63) is 35.9 Å². The van der Waals surface area contributed by atoms with Gasteiger partial charge >= 0.3 is 0 Å². The van der Waals surface area contributed by atoms with Gasteiger partial charge in [0.15, 0.2) is 0 Å². The third kappa shape index (κ3) is 4.55. The molecule has 0 radical (unpaired) electrons. The number of likely N-dealkylation sites (N-methyl/N-ethyl adjacent to an activating group) is 1. The van der Waals surface area contributed by atoms with E-state index in [9.17, 15) is 0 Å². The number of hydrogen-bond donors (Lipinski definition) is 1. The van der Waals surface area contributed by atoms with Crippen LogP contribution in [0.4, 0.5) is 0 Å². The van der Waals surface area contributed by atoms with E-state index in [-0.39, 0.29) is 0 Å². The van der Waals surface area contributed by atoms with Crippen molar-refractivity contribution in [2.75, 3.05) is 20.6 Å². The highest BCUT2D eigenvalue weighted by molar-refractivity contribution is 5.15. The fraction of sp³-hybridized carbons (Fsp3) is 0.684. The molecular formula is C19H32N2. The van der Waals surface area contributed by atoms with Gasteiger partial charge in [0.05, 0.1) is 0 Å². The summed E-state index contributed by atoms with van der Waals surface area (Å²) in [7, 11) is 4.51. The average molecular weight is 288 g/mol. The maximum Gasteiger partial charge on any atom is 0.0327 e. The minimum absolute atomic E-state index is 0.377. The van der Waals surface area contributed by atoms with Crippen LogP contribution in [-0.4, -0.2) is 37.1 Å². The lowest BCUT2D eigenvalue weighted by Crippen LogP contribution is -2.54. The van der Waals surface area contributed by atoms with Crippen LogP contribution >= 0.6 is 0 Å². The molecule has 0 amide bonds. The first-order valence-electron chi connectivity index (χ1n) is 8.61. The van der Waals surface area contributed by atoms with E-state index >= 15 is 0 Å². The van der Waals surface area contributed by atoms with Crippen LogP contribution in [0, 0.1) is 0 Å². The van der Waals surface area contributed by atoms with E-state index in [1.54, 1.807) is 0 Å². The first kappa shape index (κ1) is 16.5. The molecule has 2 heteroatoms. The summed E-state index contributed by atoms with van der Waals surface area (Å²) in [5.74, 6) is 0. The molecule has 1 fully saturated rings. The average Bonchev–Trinajstić information content (AvgIpc) is 2.53. The Bertz CT molecular complexity index is 393. The molecule has 21 heavy (non-hydrogen) atoms. The summed E-state index contributed by atoms with van der Waals surface area (Å²) in [5, 5.41) is 3.87. The van der Waals surface area contributed by atoms with Crippen molar-refractivity contribution < 1.29 is 0 Å². The molecule has 0 spiro atoms. The Labute approximate surface area is 130 Å². The van der Waals surface area contributed by atoms with Gasteiger partial charge in [0.1, 0.15) is 0 Å². The normalized spacial score (nSPS) is 19.6. The molecule has 1 aliphatic carbocycles. The zero-order chi connectivity index (χ0) is 15.1. The van der Waals surface area contributed by atoms with Gasteiger partial charge in [-0.25, -0.2) is 0 Å². The van der Waals surface area contributed by atoms with Gasteiger partial charge in [0.25, 0.3) is 0 Å². The largest absolute Gasteiger partial charge is 0.312 e. The summed E-state index contributed by atoms with van der Waals surface area (Å²) in [4.78, 5) is 2.47. The molecule has 1 N–H and O–H groups in total. The van der Waals surface area contributed by atoms with Crippen molar-refractivity contribution in [2.45, 2.75) is 63.5 Å². The Morgan fingerprint density at radius 1 is 1.10 bits per heavy atom. The number of nitrogens with zero attached hydrogens (tertiary/aromatic N) is 1. The van der Waals surface area contributed by atoms with Crippen molar-refractivity contribution in [1.82, 2.24) is 10.2 Å². The van der Waals surface area contributed by atoms with Gasteiger partial charge in [0, 0.05) is 18.1 Å². The molecule has 1 aromatic rings. The van der Waals surface area contributed by atoms with Crippen molar-refractivity contribution in [2.24, 2.45) is 0 Å². The number of benzene rings is 1. The summed E-state index contributed by atoms with van der Waals surface area (Å²) in [6.45, 7) is 3.43. The second-order valence-corrected chi connectivity index (χ2v) is 6.86. The Balaban J connectivity index is 1.91. The molecule has 1 unspecified atom stereocenters. The standard InChI is InChI=1S/C19H32N2/c1-4-18(15-17-11-7-5-8-12-17)20-16-19(21(2)3)13-9-6-10-14-19/h5,7-8,11-12,18,20H,4,6,9-10,13-16H2,1-3H3. The second kappa shape index (κ2) is 7.95. The maximum absolute atomic E-state index is 3.87. The van der Waals surface area contributed by atoms with Crippen LogP contribution in [-0.2, 0) is 6.42 Å². The van der Waals surface area contributed by atoms with E-state index in [1.165, 1.54) is 44.1 Å². The van der Waals surface area contributed by atoms with Crippen molar-refractivity contribution >= 4 is 0 Å². The minimum Gasteiger partial charge on any atom is -0.312 e. The Hall–Kier alpha value is -0.860. The summed E-state index contributed by atoms with van der Waals surface area (Å²) >= 11 is 0. The number of nitrogens with one attached hydrogen (secondary N) is 1. The zero-order valence-corrected chi connectivity index (χ0v) is 14.1. The topological polar surface area (TPSA) is 15.3 Å². The predicted octanol–water partition coefficient (Wildman–Crippen LogP) is 3.86. The van der Waals surface area contributed by atoms with Crippen LogP contribution in [0.5, 0.6) is 0 Å². The molecule has 1 aromatic carbocycles. The number of rotatable bonds is 7. The van der Waals surface area contributed by atoms with Gasteiger partial charge < -0.3 is 10.2 Å². The van der Waals surface area contributed by atoms with Crippen LogP contribution in [0.3, 0.4) is 0 Å². The molecule has 0 aliphatic heterocycles. The summed E-state index contributed by atoms with van der Waals surface area (Å²) in [6, 6.07) is 11.5. The third-order valence-corrected chi connectivity index (χ3v) is 5.27. The van der Waals surface area contributed by atoms with Crippen LogP contribution < -0.4 is 5.32 Å². The second-order valence-electron chi connectivity index (χ2n) is 6.86. The van der Waals surface area contributed by atoms with E-state index in [0.29, 0.717) is 11.6 Å². The molecule has 118 valence electrons. The van der Waals surface area contributed by atoms with Gasteiger partial charge in [-0.15, -0.1) is 0 Å². The molecule has 2 rings (SSSR count). The first-order valence-corrected chi connectivity index (χ1v) is 8.61. The van der Waals surface area contributed by atoms with Gasteiger partial charge in [-0.1, -0.05) is 56.5 Å². The smallest absolute Gasteiger partial charge is 0.0327 e. The zero-order valence-electron chi connectivity index (χ0n) is 14.1. The molecule has 2 nitrogen and oxygen atoms in total. The first-order chi connectivity index (χ1) is 10.2. The lowest BCUT2D eigenvalue weighted by molar-refractivity contribution is 0.0949. The van der Waals surface area contributed by atoms with Crippen molar-refractivity contribution in [3.8, 4) is 0 Å². The fourth-order valence-electron chi connectivity index (χ4n) is 3.59. The van der Waals surface area contributed by atoms with Gasteiger partial charge in [-0.3, -0.25) is 0 Å². The highest BCUT2D eigenvalue weighted by atomic mass is 15.2. The summed E-state index contributed by atoms with van der Waals surface area (Å²) in [5.41, 5.74) is 1.82. The molecule has 0 aromatic heterocycles. The Morgan fingerprint density at radius 3 is 2.33 bits per heavy atom. The van der Waals surface area contributed by atoms with E-state index in [2.05, 4.69) is 61.6 Å². The van der Waals surface area contributed by atoms with Crippen LogP contribution in [0.15, 0.2) is 30.3 Å². The third-order valence-electron chi connectivity index (χ3n) is 5.27. The summed E-state index contributed by atoms with van der Waals surface area (Å²) < 4.78 is 0. The fourth-order valence-corrected chi connectivity index (χ4v) is 3.59.